The number of nitrogens with zero attached hydrogens (tertiary/aromatic N) is 3. The fraction of sp³-hybridized carbons (Fsp3) is 0.471. The highest BCUT2D eigenvalue weighted by Gasteiger charge is 2.34. The summed E-state index contributed by atoms with van der Waals surface area (Å²) in [4.78, 5) is 4.33. The van der Waals surface area contributed by atoms with Crippen molar-refractivity contribution in [2.45, 2.75) is 32.1 Å². The Morgan fingerprint density at radius 2 is 1.85 bits per heavy atom. The molecular formula is C17H23ClN4O3S. The molecule has 26 heavy (non-hydrogen) atoms. The van der Waals surface area contributed by atoms with Gasteiger partial charge in [0.2, 0.25) is 0 Å². The average Bonchev–Trinajstić information content (AvgIpc) is 2.98. The second kappa shape index (κ2) is 7.66. The molecule has 0 spiro atoms. The van der Waals surface area contributed by atoms with Crippen LogP contribution in [-0.2, 0) is 22.0 Å². The lowest BCUT2D eigenvalue weighted by Gasteiger charge is -2.35. The normalized spacial score (nSPS) is 23.1. The van der Waals surface area contributed by atoms with Gasteiger partial charge in [0, 0.05) is 37.6 Å². The molecule has 1 aliphatic rings. The van der Waals surface area contributed by atoms with Crippen molar-refractivity contribution in [3.8, 4) is 0 Å². The van der Waals surface area contributed by atoms with E-state index in [0.717, 1.165) is 5.56 Å². The molecule has 142 valence electrons. The fourth-order valence-electron chi connectivity index (χ4n) is 3.13. The topological polar surface area (TPSA) is 76.5 Å². The van der Waals surface area contributed by atoms with Crippen LogP contribution in [0.25, 0.3) is 0 Å². The maximum atomic E-state index is 13.0. The number of aryl methyl sites for hydroxylation is 1. The van der Waals surface area contributed by atoms with E-state index in [0.29, 0.717) is 23.9 Å². The van der Waals surface area contributed by atoms with Gasteiger partial charge < -0.3 is 9.30 Å². The fourth-order valence-corrected chi connectivity index (χ4v) is 4.76. The van der Waals surface area contributed by atoms with E-state index in [4.69, 9.17) is 16.3 Å². The Labute approximate surface area is 159 Å². The highest BCUT2D eigenvalue weighted by atomic mass is 35.5. The zero-order valence-corrected chi connectivity index (χ0v) is 16.5. The zero-order chi connectivity index (χ0) is 18.9. The van der Waals surface area contributed by atoms with E-state index in [1.165, 1.54) is 4.31 Å². The Hall–Kier alpha value is -1.45. The van der Waals surface area contributed by atoms with E-state index in [9.17, 15) is 8.42 Å². The first kappa shape index (κ1) is 19.3. The van der Waals surface area contributed by atoms with E-state index >= 15 is 0 Å². The van der Waals surface area contributed by atoms with Crippen molar-refractivity contribution in [2.75, 3.05) is 13.1 Å². The molecule has 2 heterocycles. The molecule has 2 aromatic rings. The summed E-state index contributed by atoms with van der Waals surface area (Å²) in [5.74, 6) is 0.602. The maximum Gasteiger partial charge on any atom is 0.280 e. The largest absolute Gasteiger partial charge is 0.373 e. The summed E-state index contributed by atoms with van der Waals surface area (Å²) in [6.07, 6.45) is 3.12. The predicted molar refractivity (Wildman–Crippen MR) is 100 cm³/mol. The highest BCUT2D eigenvalue weighted by molar-refractivity contribution is 7.87. The van der Waals surface area contributed by atoms with Gasteiger partial charge in [-0.15, -0.1) is 0 Å². The molecule has 0 bridgehead atoms. The number of benzene rings is 1. The van der Waals surface area contributed by atoms with Gasteiger partial charge in [-0.1, -0.05) is 23.7 Å². The molecule has 0 radical (unpaired) electrons. The lowest BCUT2D eigenvalue weighted by Crippen LogP contribution is -2.52. The lowest BCUT2D eigenvalue weighted by atomic mass is 10.1. The van der Waals surface area contributed by atoms with Gasteiger partial charge in [0.05, 0.1) is 12.2 Å². The quantitative estimate of drug-likeness (QED) is 0.836. The van der Waals surface area contributed by atoms with E-state index < -0.39 is 16.3 Å². The first-order chi connectivity index (χ1) is 12.3. The number of halogens is 1. The van der Waals surface area contributed by atoms with Gasteiger partial charge >= 0.3 is 0 Å². The summed E-state index contributed by atoms with van der Waals surface area (Å²) in [6.45, 7) is 4.36. The highest BCUT2D eigenvalue weighted by Crippen LogP contribution is 2.24. The van der Waals surface area contributed by atoms with Crippen molar-refractivity contribution < 1.29 is 13.2 Å². The van der Waals surface area contributed by atoms with Crippen LogP contribution >= 0.6 is 11.6 Å². The van der Waals surface area contributed by atoms with E-state index in [2.05, 4.69) is 9.71 Å². The van der Waals surface area contributed by atoms with Gasteiger partial charge in [-0.2, -0.15) is 17.4 Å². The number of rotatable bonds is 5. The summed E-state index contributed by atoms with van der Waals surface area (Å²) in [5.41, 5.74) is 0.765. The van der Waals surface area contributed by atoms with Crippen LogP contribution in [0.3, 0.4) is 0 Å². The van der Waals surface area contributed by atoms with Crippen LogP contribution in [-0.4, -0.2) is 47.6 Å². The molecule has 3 unspecified atom stereocenters. The zero-order valence-electron chi connectivity index (χ0n) is 15.0. The second-order valence-corrected chi connectivity index (χ2v) is 8.72. The predicted octanol–water partition coefficient (Wildman–Crippen LogP) is 2.11. The van der Waals surface area contributed by atoms with Crippen molar-refractivity contribution in [1.29, 1.82) is 0 Å². The first-order valence-electron chi connectivity index (χ1n) is 8.42. The number of nitrogens with one attached hydrogen (secondary N) is 1. The molecule has 7 nitrogen and oxygen atoms in total. The molecule has 3 rings (SSSR count). The number of imidazole rings is 1. The molecule has 0 saturated carbocycles. The molecule has 3 atom stereocenters. The molecule has 9 heteroatoms. The van der Waals surface area contributed by atoms with Crippen LogP contribution in [0.2, 0.25) is 5.02 Å². The number of aromatic nitrogens is 2. The molecule has 0 aliphatic carbocycles. The first-order valence-corrected chi connectivity index (χ1v) is 10.2. The van der Waals surface area contributed by atoms with Crippen LogP contribution in [0.4, 0.5) is 0 Å². The number of hydrogen-bond donors (Lipinski definition) is 1. The maximum absolute atomic E-state index is 13.0. The Balaban J connectivity index is 1.92. The van der Waals surface area contributed by atoms with Crippen LogP contribution < -0.4 is 4.72 Å². The van der Waals surface area contributed by atoms with Gasteiger partial charge in [0.1, 0.15) is 11.9 Å². The number of hydrogen-bond acceptors (Lipinski definition) is 4. The smallest absolute Gasteiger partial charge is 0.280 e. The van der Waals surface area contributed by atoms with Gasteiger partial charge in [-0.3, -0.25) is 0 Å². The van der Waals surface area contributed by atoms with Crippen molar-refractivity contribution in [1.82, 2.24) is 18.6 Å². The van der Waals surface area contributed by atoms with Crippen LogP contribution in [0.1, 0.15) is 31.3 Å². The van der Waals surface area contributed by atoms with Crippen molar-refractivity contribution >= 4 is 21.8 Å². The molecule has 0 amide bonds. The standard InChI is InChI=1S/C17H23ClN4O3S/c1-12-10-22(11-13(2)25-12)26(23,24)20-16(17-19-8-9-21(17)3)14-4-6-15(18)7-5-14/h4-9,12-13,16,20H,10-11H2,1-3H3. The summed E-state index contributed by atoms with van der Waals surface area (Å²) < 4.78 is 37.7. The van der Waals surface area contributed by atoms with Gasteiger partial charge in [-0.25, -0.2) is 4.98 Å². The molecule has 1 fully saturated rings. The molecule has 1 aromatic heterocycles. The number of ether oxygens (including phenoxy) is 1. The average molecular weight is 399 g/mol. The third-order valence-corrected chi connectivity index (χ3v) is 6.08. The van der Waals surface area contributed by atoms with Crippen molar-refractivity contribution in [3.63, 3.8) is 0 Å². The minimum atomic E-state index is -3.73. The third-order valence-electron chi connectivity index (χ3n) is 4.31. The number of morpholine rings is 1. The minimum Gasteiger partial charge on any atom is -0.373 e. The lowest BCUT2D eigenvalue weighted by molar-refractivity contribution is -0.0444. The van der Waals surface area contributed by atoms with Gasteiger partial charge in [0.15, 0.2) is 0 Å². The monoisotopic (exact) mass is 398 g/mol. The van der Waals surface area contributed by atoms with Crippen molar-refractivity contribution in [3.05, 3.63) is 53.1 Å². The van der Waals surface area contributed by atoms with E-state index in [1.54, 1.807) is 41.2 Å². The van der Waals surface area contributed by atoms with Gasteiger partial charge in [-0.05, 0) is 31.5 Å². The van der Waals surface area contributed by atoms with Gasteiger partial charge in [0.25, 0.3) is 10.2 Å². The Bertz CT molecular complexity index is 843. The third kappa shape index (κ3) is 4.27. The summed E-state index contributed by atoms with van der Waals surface area (Å²) in [6, 6.07) is 6.45. The minimum absolute atomic E-state index is 0.155. The summed E-state index contributed by atoms with van der Waals surface area (Å²) in [5, 5.41) is 0.589. The molecule has 1 aromatic carbocycles. The van der Waals surface area contributed by atoms with Crippen LogP contribution in [0, 0.1) is 0 Å². The Morgan fingerprint density at radius 1 is 1.23 bits per heavy atom. The second-order valence-electron chi connectivity index (χ2n) is 6.58. The molecule has 1 N–H and O–H groups in total. The van der Waals surface area contributed by atoms with E-state index in [-0.39, 0.29) is 12.2 Å². The SMILES string of the molecule is CC1CN(S(=O)(=O)NC(c2ccc(Cl)cc2)c2nccn2C)CC(C)O1. The molecule has 1 aliphatic heterocycles. The Morgan fingerprint density at radius 3 is 2.38 bits per heavy atom. The van der Waals surface area contributed by atoms with Crippen LogP contribution in [0.5, 0.6) is 0 Å². The summed E-state index contributed by atoms with van der Waals surface area (Å²) >= 11 is 5.98. The van der Waals surface area contributed by atoms with Crippen molar-refractivity contribution in [2.24, 2.45) is 7.05 Å². The Kier molecular flexibility index (Phi) is 5.69. The molecule has 1 saturated heterocycles. The molecular weight excluding hydrogens is 376 g/mol. The van der Waals surface area contributed by atoms with E-state index in [1.807, 2.05) is 20.9 Å². The summed E-state index contributed by atoms with van der Waals surface area (Å²) in [7, 11) is -1.90. The van der Waals surface area contributed by atoms with Crippen LogP contribution in [0.15, 0.2) is 36.7 Å².